The summed E-state index contributed by atoms with van der Waals surface area (Å²) >= 11 is 0. The Morgan fingerprint density at radius 1 is 0.475 bits per heavy atom. The molecule has 0 spiro atoms. The van der Waals surface area contributed by atoms with Crippen molar-refractivity contribution in [3.05, 3.63) is 155 Å². The van der Waals surface area contributed by atoms with Crippen molar-refractivity contribution in [3.8, 4) is 5.75 Å². The first-order chi connectivity index (χ1) is 19.6. The average molecular weight is 530 g/mol. The summed E-state index contributed by atoms with van der Waals surface area (Å²) in [4.78, 5) is 2.13. The standard InChI is InChI=1S/C35H31NO4/c37-22-26-1-9-29(10-2-26)35(30-11-19-34(40)20-12-30)21-25-3-13-31(14-4-25)36(32-15-5-27(23-38)6-16-32)33-17-7-28(24-39)8-18-33/h1-21,37-40H,22-24H2/b35-21-. The highest BCUT2D eigenvalue weighted by Gasteiger charge is 2.13. The number of nitrogens with zero attached hydrogens (tertiary/aromatic N) is 1. The average Bonchev–Trinajstić information content (AvgIpc) is 3.02. The summed E-state index contributed by atoms with van der Waals surface area (Å²) in [6, 6.07) is 38.8. The minimum absolute atomic E-state index is 0.0120. The summed E-state index contributed by atoms with van der Waals surface area (Å²) < 4.78 is 0. The molecule has 0 fully saturated rings. The lowest BCUT2D eigenvalue weighted by atomic mass is 9.95. The van der Waals surface area contributed by atoms with Gasteiger partial charge in [0.25, 0.3) is 0 Å². The molecule has 5 nitrogen and oxygen atoms in total. The van der Waals surface area contributed by atoms with Crippen LogP contribution in [0.2, 0.25) is 0 Å². The number of anilines is 3. The molecular formula is C35H31NO4. The van der Waals surface area contributed by atoms with Gasteiger partial charge in [-0.15, -0.1) is 0 Å². The molecule has 0 aliphatic carbocycles. The Labute approximate surface area is 234 Å². The number of hydrogen-bond donors (Lipinski definition) is 4. The quantitative estimate of drug-likeness (QED) is 0.156. The second kappa shape index (κ2) is 12.5. The highest BCUT2D eigenvalue weighted by molar-refractivity contribution is 5.92. The van der Waals surface area contributed by atoms with Crippen LogP contribution in [0.25, 0.3) is 11.6 Å². The Morgan fingerprint density at radius 2 is 0.825 bits per heavy atom. The van der Waals surface area contributed by atoms with Gasteiger partial charge in [0.15, 0.2) is 0 Å². The fraction of sp³-hybridized carbons (Fsp3) is 0.0857. The number of aliphatic hydroxyl groups excluding tert-OH is 3. The first kappa shape index (κ1) is 26.9. The van der Waals surface area contributed by atoms with Crippen LogP contribution in [-0.2, 0) is 19.8 Å². The monoisotopic (exact) mass is 529 g/mol. The Morgan fingerprint density at radius 3 is 1.23 bits per heavy atom. The van der Waals surface area contributed by atoms with Crippen LogP contribution >= 0.6 is 0 Å². The van der Waals surface area contributed by atoms with Crippen LogP contribution in [0.3, 0.4) is 0 Å². The van der Waals surface area contributed by atoms with E-state index in [1.165, 1.54) is 0 Å². The molecule has 5 heteroatoms. The van der Waals surface area contributed by atoms with Crippen molar-refractivity contribution in [2.24, 2.45) is 0 Å². The number of aliphatic hydroxyl groups is 3. The SMILES string of the molecule is OCc1ccc(/C(=C/c2ccc(N(c3ccc(CO)cc3)c3ccc(CO)cc3)cc2)c2ccc(O)cc2)cc1. The lowest BCUT2D eigenvalue weighted by molar-refractivity contribution is 0.281. The maximum absolute atomic E-state index is 9.82. The Kier molecular flexibility index (Phi) is 8.38. The van der Waals surface area contributed by atoms with E-state index in [-0.39, 0.29) is 25.6 Å². The van der Waals surface area contributed by atoms with Crippen molar-refractivity contribution in [2.75, 3.05) is 4.90 Å². The van der Waals surface area contributed by atoms with Crippen molar-refractivity contribution in [1.29, 1.82) is 0 Å². The van der Waals surface area contributed by atoms with Gasteiger partial charge in [-0.1, -0.05) is 72.8 Å². The van der Waals surface area contributed by atoms with Gasteiger partial charge in [0.1, 0.15) is 5.75 Å². The zero-order chi connectivity index (χ0) is 27.9. The molecule has 0 bridgehead atoms. The summed E-state index contributed by atoms with van der Waals surface area (Å²) in [5, 5.41) is 38.3. The number of rotatable bonds is 9. The molecule has 40 heavy (non-hydrogen) atoms. The van der Waals surface area contributed by atoms with Gasteiger partial charge in [-0.2, -0.15) is 0 Å². The van der Waals surface area contributed by atoms with Crippen LogP contribution in [0.15, 0.2) is 121 Å². The lowest BCUT2D eigenvalue weighted by Gasteiger charge is -2.26. The van der Waals surface area contributed by atoms with Gasteiger partial charge in [0.05, 0.1) is 19.8 Å². The molecule has 0 atom stereocenters. The first-order valence-electron chi connectivity index (χ1n) is 13.1. The molecule has 0 aromatic heterocycles. The summed E-state index contributed by atoms with van der Waals surface area (Å²) in [5.41, 5.74) is 9.35. The molecule has 0 saturated carbocycles. The van der Waals surface area contributed by atoms with Gasteiger partial charge in [-0.05, 0) is 93.6 Å². The minimum atomic E-state index is -0.0153. The minimum Gasteiger partial charge on any atom is -0.508 e. The molecule has 0 aliphatic heterocycles. The van der Waals surface area contributed by atoms with Gasteiger partial charge in [0.2, 0.25) is 0 Å². The Bertz CT molecular complexity index is 1510. The van der Waals surface area contributed by atoms with Crippen molar-refractivity contribution >= 4 is 28.7 Å². The summed E-state index contributed by atoms with van der Waals surface area (Å²) in [6.07, 6.45) is 2.11. The van der Waals surface area contributed by atoms with E-state index in [2.05, 4.69) is 35.2 Å². The van der Waals surface area contributed by atoms with E-state index in [0.717, 1.165) is 56.0 Å². The molecule has 4 N–H and O–H groups in total. The van der Waals surface area contributed by atoms with Crippen molar-refractivity contribution in [3.63, 3.8) is 0 Å². The third-order valence-electron chi connectivity index (χ3n) is 6.84. The van der Waals surface area contributed by atoms with Crippen LogP contribution in [0.4, 0.5) is 17.1 Å². The van der Waals surface area contributed by atoms with Crippen LogP contribution in [-0.4, -0.2) is 20.4 Å². The van der Waals surface area contributed by atoms with Gasteiger partial charge < -0.3 is 25.3 Å². The van der Waals surface area contributed by atoms with Crippen LogP contribution in [0.1, 0.15) is 33.4 Å². The molecule has 5 rings (SSSR count). The summed E-state index contributed by atoms with van der Waals surface area (Å²) in [7, 11) is 0. The predicted octanol–water partition coefficient (Wildman–Crippen LogP) is 6.93. The van der Waals surface area contributed by atoms with E-state index in [1.54, 1.807) is 12.1 Å². The third-order valence-corrected chi connectivity index (χ3v) is 6.84. The van der Waals surface area contributed by atoms with E-state index in [0.29, 0.717) is 0 Å². The highest BCUT2D eigenvalue weighted by Crippen LogP contribution is 2.36. The molecule has 0 radical (unpaired) electrons. The Hall–Kier alpha value is -4.68. The molecular weight excluding hydrogens is 498 g/mol. The molecule has 5 aromatic rings. The zero-order valence-corrected chi connectivity index (χ0v) is 22.0. The lowest BCUT2D eigenvalue weighted by Crippen LogP contribution is -2.10. The third kappa shape index (κ3) is 6.14. The maximum Gasteiger partial charge on any atom is 0.115 e. The summed E-state index contributed by atoms with van der Waals surface area (Å²) in [6.45, 7) is -0.0425. The van der Waals surface area contributed by atoms with Gasteiger partial charge in [0, 0.05) is 17.1 Å². The molecule has 0 saturated heterocycles. The van der Waals surface area contributed by atoms with Crippen LogP contribution in [0.5, 0.6) is 5.75 Å². The summed E-state index contributed by atoms with van der Waals surface area (Å²) in [5.74, 6) is 0.210. The number of benzene rings is 5. The van der Waals surface area contributed by atoms with Crippen LogP contribution in [0, 0.1) is 0 Å². The fourth-order valence-electron chi connectivity index (χ4n) is 4.60. The largest absolute Gasteiger partial charge is 0.508 e. The maximum atomic E-state index is 9.82. The van der Waals surface area contributed by atoms with Gasteiger partial charge in [-0.3, -0.25) is 0 Å². The first-order valence-corrected chi connectivity index (χ1v) is 13.1. The molecule has 0 amide bonds. The predicted molar refractivity (Wildman–Crippen MR) is 160 cm³/mol. The second-order valence-electron chi connectivity index (χ2n) is 9.54. The molecule has 0 heterocycles. The van der Waals surface area contributed by atoms with Crippen molar-refractivity contribution in [2.45, 2.75) is 19.8 Å². The van der Waals surface area contributed by atoms with Gasteiger partial charge in [-0.25, -0.2) is 0 Å². The van der Waals surface area contributed by atoms with Crippen molar-refractivity contribution < 1.29 is 20.4 Å². The van der Waals surface area contributed by atoms with E-state index < -0.39 is 0 Å². The molecule has 0 unspecified atom stereocenters. The number of hydrogen-bond acceptors (Lipinski definition) is 5. The van der Waals surface area contributed by atoms with Crippen LogP contribution < -0.4 is 4.90 Å². The fourth-order valence-corrected chi connectivity index (χ4v) is 4.60. The molecule has 5 aromatic carbocycles. The molecule has 0 aliphatic rings. The number of phenols is 1. The van der Waals surface area contributed by atoms with E-state index in [1.807, 2.05) is 84.9 Å². The highest BCUT2D eigenvalue weighted by atomic mass is 16.3. The van der Waals surface area contributed by atoms with Crippen molar-refractivity contribution in [1.82, 2.24) is 0 Å². The van der Waals surface area contributed by atoms with E-state index in [4.69, 9.17) is 0 Å². The second-order valence-corrected chi connectivity index (χ2v) is 9.54. The zero-order valence-electron chi connectivity index (χ0n) is 22.0. The molecule has 200 valence electrons. The van der Waals surface area contributed by atoms with E-state index >= 15 is 0 Å². The topological polar surface area (TPSA) is 84.2 Å². The van der Waals surface area contributed by atoms with Gasteiger partial charge >= 0.3 is 0 Å². The number of aromatic hydroxyl groups is 1. The number of phenolic OH excluding ortho intramolecular Hbond substituents is 1. The normalized spacial score (nSPS) is 11.4. The Balaban J connectivity index is 1.54. The smallest absolute Gasteiger partial charge is 0.115 e. The van der Waals surface area contributed by atoms with E-state index in [9.17, 15) is 20.4 Å².